The van der Waals surface area contributed by atoms with E-state index in [1.54, 1.807) is 6.20 Å². The molecule has 0 spiro atoms. The van der Waals surface area contributed by atoms with E-state index in [2.05, 4.69) is 4.98 Å². The Kier molecular flexibility index (Phi) is 1.57. The molecule has 62 valence electrons. The van der Waals surface area contributed by atoms with Gasteiger partial charge in [-0.15, -0.1) is 0 Å². The molecular formula is C9H9NO2. The van der Waals surface area contributed by atoms with Gasteiger partial charge < -0.3 is 5.11 Å². The lowest BCUT2D eigenvalue weighted by Gasteiger charge is -2.02. The monoisotopic (exact) mass is 163 g/mol. The van der Waals surface area contributed by atoms with Crippen molar-refractivity contribution in [3.05, 3.63) is 29.6 Å². The predicted octanol–water partition coefficient (Wildman–Crippen LogP) is 1.20. The number of rotatable bonds is 1. The zero-order chi connectivity index (χ0) is 8.55. The number of hydrogen-bond acceptors (Lipinski definition) is 2. The average molecular weight is 163 g/mol. The molecule has 12 heavy (non-hydrogen) atoms. The molecule has 1 N–H and O–H groups in total. The molecular weight excluding hydrogens is 154 g/mol. The first-order valence-corrected chi connectivity index (χ1v) is 3.95. The molecule has 0 amide bonds. The van der Waals surface area contributed by atoms with Gasteiger partial charge in [0.1, 0.15) is 0 Å². The van der Waals surface area contributed by atoms with Gasteiger partial charge in [0.2, 0.25) is 0 Å². The standard InChI is InChI=1S/C9H9NO2/c11-9(12)7-4-3-6-2-1-5-10-8(6)7/h1-2,5,7H,3-4H2,(H,11,12)/t7-/m0/s1. The molecule has 0 aromatic carbocycles. The van der Waals surface area contributed by atoms with Crippen molar-refractivity contribution in [2.45, 2.75) is 18.8 Å². The van der Waals surface area contributed by atoms with Gasteiger partial charge in [0.05, 0.1) is 11.6 Å². The lowest BCUT2D eigenvalue weighted by molar-refractivity contribution is -0.138. The number of carbonyl (C=O) groups is 1. The Bertz CT molecular complexity index is 322. The molecule has 0 bridgehead atoms. The van der Waals surface area contributed by atoms with E-state index < -0.39 is 5.97 Å². The second-order valence-corrected chi connectivity index (χ2v) is 2.98. The van der Waals surface area contributed by atoms with Crippen molar-refractivity contribution in [3.8, 4) is 0 Å². The van der Waals surface area contributed by atoms with Crippen LogP contribution in [0.5, 0.6) is 0 Å². The van der Waals surface area contributed by atoms with Crippen molar-refractivity contribution in [3.63, 3.8) is 0 Å². The number of nitrogens with zero attached hydrogens (tertiary/aromatic N) is 1. The molecule has 1 aliphatic rings. The molecule has 0 radical (unpaired) electrons. The van der Waals surface area contributed by atoms with Crippen LogP contribution in [0.4, 0.5) is 0 Å². The highest BCUT2D eigenvalue weighted by Crippen LogP contribution is 2.30. The molecule has 2 rings (SSSR count). The van der Waals surface area contributed by atoms with E-state index in [9.17, 15) is 4.79 Å². The lowest BCUT2D eigenvalue weighted by Crippen LogP contribution is -2.08. The van der Waals surface area contributed by atoms with E-state index in [4.69, 9.17) is 5.11 Å². The van der Waals surface area contributed by atoms with E-state index in [0.29, 0.717) is 6.42 Å². The molecule has 0 fully saturated rings. The predicted molar refractivity (Wildman–Crippen MR) is 42.9 cm³/mol. The van der Waals surface area contributed by atoms with E-state index in [0.717, 1.165) is 17.7 Å². The first-order chi connectivity index (χ1) is 5.79. The number of carboxylic acids is 1. The van der Waals surface area contributed by atoms with Crippen LogP contribution in [0.25, 0.3) is 0 Å². The molecule has 1 aliphatic carbocycles. The minimum Gasteiger partial charge on any atom is -0.481 e. The first-order valence-electron chi connectivity index (χ1n) is 3.95. The summed E-state index contributed by atoms with van der Waals surface area (Å²) in [5.41, 5.74) is 1.84. The van der Waals surface area contributed by atoms with Crippen molar-refractivity contribution in [1.82, 2.24) is 4.98 Å². The maximum Gasteiger partial charge on any atom is 0.312 e. The van der Waals surface area contributed by atoms with Gasteiger partial charge in [-0.1, -0.05) is 6.07 Å². The summed E-state index contributed by atoms with van der Waals surface area (Å²) >= 11 is 0. The number of fused-ring (bicyclic) bond motifs is 1. The highest BCUT2D eigenvalue weighted by Gasteiger charge is 2.28. The number of hydrogen-bond donors (Lipinski definition) is 1. The Hall–Kier alpha value is -1.38. The van der Waals surface area contributed by atoms with Gasteiger partial charge in [-0.2, -0.15) is 0 Å². The Morgan fingerprint density at radius 1 is 1.67 bits per heavy atom. The zero-order valence-corrected chi connectivity index (χ0v) is 6.53. The summed E-state index contributed by atoms with van der Waals surface area (Å²) in [5, 5.41) is 8.82. The van der Waals surface area contributed by atoms with E-state index in [-0.39, 0.29) is 5.92 Å². The average Bonchev–Trinajstić information content (AvgIpc) is 2.47. The quantitative estimate of drug-likeness (QED) is 0.676. The third-order valence-electron chi connectivity index (χ3n) is 2.26. The van der Waals surface area contributed by atoms with Crippen LogP contribution in [0.1, 0.15) is 23.6 Å². The third-order valence-corrected chi connectivity index (χ3v) is 2.26. The number of pyridine rings is 1. The van der Waals surface area contributed by atoms with Crippen LogP contribution < -0.4 is 0 Å². The van der Waals surface area contributed by atoms with Gasteiger partial charge in [-0.25, -0.2) is 0 Å². The van der Waals surface area contributed by atoms with Crippen LogP contribution in [0, 0.1) is 0 Å². The van der Waals surface area contributed by atoms with Gasteiger partial charge in [0.15, 0.2) is 0 Å². The molecule has 1 aromatic rings. The summed E-state index contributed by atoms with van der Waals surface area (Å²) in [6, 6.07) is 3.80. The Morgan fingerprint density at radius 2 is 2.50 bits per heavy atom. The minimum atomic E-state index is -0.757. The second-order valence-electron chi connectivity index (χ2n) is 2.98. The summed E-state index contributed by atoms with van der Waals surface area (Å²) in [5.74, 6) is -1.13. The molecule has 0 saturated heterocycles. The van der Waals surface area contributed by atoms with Crippen molar-refractivity contribution >= 4 is 5.97 Å². The Balaban J connectivity index is 2.42. The van der Waals surface area contributed by atoms with Crippen LogP contribution in [0.15, 0.2) is 18.3 Å². The zero-order valence-electron chi connectivity index (χ0n) is 6.53. The topological polar surface area (TPSA) is 50.2 Å². The fourth-order valence-corrected chi connectivity index (χ4v) is 1.65. The van der Waals surface area contributed by atoms with Crippen LogP contribution in [0.2, 0.25) is 0 Å². The van der Waals surface area contributed by atoms with Crippen molar-refractivity contribution in [2.24, 2.45) is 0 Å². The Labute approximate surface area is 70.1 Å². The molecule has 1 aromatic heterocycles. The first kappa shape index (κ1) is 7.28. The Morgan fingerprint density at radius 3 is 3.25 bits per heavy atom. The number of carboxylic acid groups (broad SMARTS) is 1. The molecule has 3 heteroatoms. The van der Waals surface area contributed by atoms with Gasteiger partial charge in [0.25, 0.3) is 0 Å². The largest absolute Gasteiger partial charge is 0.481 e. The highest BCUT2D eigenvalue weighted by atomic mass is 16.4. The summed E-state index contributed by atoms with van der Waals surface area (Å²) in [4.78, 5) is 14.8. The second kappa shape index (κ2) is 2.59. The summed E-state index contributed by atoms with van der Waals surface area (Å²) in [7, 11) is 0. The van der Waals surface area contributed by atoms with Gasteiger partial charge in [-0.05, 0) is 24.5 Å². The van der Waals surface area contributed by atoms with E-state index in [1.807, 2.05) is 12.1 Å². The maximum atomic E-state index is 10.7. The number of aromatic nitrogens is 1. The van der Waals surface area contributed by atoms with Crippen LogP contribution in [0.3, 0.4) is 0 Å². The summed E-state index contributed by atoms with van der Waals surface area (Å²) in [6.07, 6.45) is 3.20. The van der Waals surface area contributed by atoms with Crippen LogP contribution in [-0.4, -0.2) is 16.1 Å². The van der Waals surface area contributed by atoms with Gasteiger partial charge in [-0.3, -0.25) is 9.78 Å². The van der Waals surface area contributed by atoms with Gasteiger partial charge >= 0.3 is 5.97 Å². The molecule has 3 nitrogen and oxygen atoms in total. The van der Waals surface area contributed by atoms with E-state index >= 15 is 0 Å². The van der Waals surface area contributed by atoms with Crippen molar-refractivity contribution < 1.29 is 9.90 Å². The molecule has 0 saturated carbocycles. The number of aryl methyl sites for hydroxylation is 1. The van der Waals surface area contributed by atoms with Crippen molar-refractivity contribution in [2.75, 3.05) is 0 Å². The number of aliphatic carboxylic acids is 1. The van der Waals surface area contributed by atoms with E-state index in [1.165, 1.54) is 0 Å². The van der Waals surface area contributed by atoms with Gasteiger partial charge in [0, 0.05) is 6.20 Å². The highest BCUT2D eigenvalue weighted by molar-refractivity contribution is 5.76. The van der Waals surface area contributed by atoms with Crippen LogP contribution in [-0.2, 0) is 11.2 Å². The minimum absolute atomic E-state index is 0.374. The maximum absolute atomic E-state index is 10.7. The van der Waals surface area contributed by atoms with Crippen molar-refractivity contribution in [1.29, 1.82) is 0 Å². The normalized spacial score (nSPS) is 20.5. The third kappa shape index (κ3) is 0.978. The molecule has 0 unspecified atom stereocenters. The smallest absolute Gasteiger partial charge is 0.312 e. The lowest BCUT2D eigenvalue weighted by atomic mass is 10.1. The van der Waals surface area contributed by atoms with Crippen LogP contribution >= 0.6 is 0 Å². The SMILES string of the molecule is O=C(O)[C@H]1CCc2cccnc21. The molecule has 1 heterocycles. The fourth-order valence-electron chi connectivity index (χ4n) is 1.65. The molecule has 0 aliphatic heterocycles. The summed E-state index contributed by atoms with van der Waals surface area (Å²) < 4.78 is 0. The fraction of sp³-hybridized carbons (Fsp3) is 0.333. The summed E-state index contributed by atoms with van der Waals surface area (Å²) in [6.45, 7) is 0. The molecule has 1 atom stereocenters.